The Balaban J connectivity index is 1.85. The Hall–Kier alpha value is -2.34. The van der Waals surface area contributed by atoms with Crippen LogP contribution in [0.15, 0.2) is 23.6 Å². The van der Waals surface area contributed by atoms with Gasteiger partial charge in [-0.05, 0) is 53.9 Å². The van der Waals surface area contributed by atoms with Crippen molar-refractivity contribution >= 4 is 27.4 Å². The van der Waals surface area contributed by atoms with Crippen molar-refractivity contribution in [3.63, 3.8) is 0 Å². The van der Waals surface area contributed by atoms with Gasteiger partial charge >= 0.3 is 5.97 Å². The summed E-state index contributed by atoms with van der Waals surface area (Å²) >= 11 is 1.55. The van der Waals surface area contributed by atoms with Crippen LogP contribution in [-0.4, -0.2) is 20.9 Å². The molecular formula is C17H18N2O3S. The first-order valence-electron chi connectivity index (χ1n) is 7.29. The lowest BCUT2D eigenvalue weighted by molar-refractivity contribution is -0.136. The number of aliphatic carboxylic acids is 1. The van der Waals surface area contributed by atoms with Crippen LogP contribution in [0.4, 0.5) is 0 Å². The molecule has 0 amide bonds. The van der Waals surface area contributed by atoms with E-state index in [1.165, 1.54) is 0 Å². The summed E-state index contributed by atoms with van der Waals surface area (Å²) < 4.78 is 8.76. The SMILES string of the molecule is Cc1cc(COc2cc(C)c3c(CC(=O)O)csc3c2)n(C)n1. The maximum Gasteiger partial charge on any atom is 0.307 e. The van der Waals surface area contributed by atoms with Crippen molar-refractivity contribution in [3.05, 3.63) is 46.1 Å². The van der Waals surface area contributed by atoms with Crippen molar-refractivity contribution in [1.82, 2.24) is 9.78 Å². The third-order valence-corrected chi connectivity index (χ3v) is 4.73. The highest BCUT2D eigenvalue weighted by molar-refractivity contribution is 7.17. The van der Waals surface area contributed by atoms with Crippen LogP contribution in [0, 0.1) is 13.8 Å². The van der Waals surface area contributed by atoms with Gasteiger partial charge in [0.15, 0.2) is 0 Å². The van der Waals surface area contributed by atoms with Gasteiger partial charge in [0.25, 0.3) is 0 Å². The minimum atomic E-state index is -0.809. The molecule has 0 aliphatic rings. The lowest BCUT2D eigenvalue weighted by atomic mass is 10.1. The second kappa shape index (κ2) is 6.04. The van der Waals surface area contributed by atoms with Gasteiger partial charge in [-0.1, -0.05) is 0 Å². The lowest BCUT2D eigenvalue weighted by Crippen LogP contribution is -2.03. The molecule has 0 saturated heterocycles. The normalized spacial score (nSPS) is 11.1. The van der Waals surface area contributed by atoms with Crippen molar-refractivity contribution < 1.29 is 14.6 Å². The first-order valence-corrected chi connectivity index (χ1v) is 8.17. The fourth-order valence-electron chi connectivity index (χ4n) is 2.75. The maximum atomic E-state index is 11.0. The smallest absolute Gasteiger partial charge is 0.307 e. The van der Waals surface area contributed by atoms with Crippen molar-refractivity contribution in [2.24, 2.45) is 7.05 Å². The zero-order valence-corrected chi connectivity index (χ0v) is 14.1. The fraction of sp³-hybridized carbons (Fsp3) is 0.294. The van der Waals surface area contributed by atoms with E-state index in [9.17, 15) is 4.79 Å². The summed E-state index contributed by atoms with van der Waals surface area (Å²) in [7, 11) is 1.90. The Morgan fingerprint density at radius 3 is 2.78 bits per heavy atom. The number of fused-ring (bicyclic) bond motifs is 1. The third kappa shape index (κ3) is 3.22. The Bertz CT molecular complexity index is 879. The average Bonchev–Trinajstić information content (AvgIpc) is 2.99. The molecule has 2 aromatic heterocycles. The molecular weight excluding hydrogens is 312 g/mol. The number of aryl methyl sites for hydroxylation is 3. The van der Waals surface area contributed by atoms with Crippen LogP contribution in [0.3, 0.4) is 0 Å². The standard InChI is InChI=1S/C17H18N2O3S/c1-10-4-14(22-8-13-5-11(2)18-19(13)3)7-15-17(10)12(9-23-15)6-16(20)21/h4-5,7,9H,6,8H2,1-3H3,(H,20,21). The predicted molar refractivity (Wildman–Crippen MR) is 90.2 cm³/mol. The van der Waals surface area contributed by atoms with Gasteiger partial charge in [-0.2, -0.15) is 5.10 Å². The molecule has 0 aliphatic carbocycles. The monoisotopic (exact) mass is 330 g/mol. The van der Waals surface area contributed by atoms with E-state index in [2.05, 4.69) is 5.10 Å². The highest BCUT2D eigenvalue weighted by Gasteiger charge is 2.12. The minimum Gasteiger partial charge on any atom is -0.487 e. The molecule has 0 fully saturated rings. The van der Waals surface area contributed by atoms with Gasteiger partial charge in [0.1, 0.15) is 12.4 Å². The molecule has 0 radical (unpaired) electrons. The zero-order chi connectivity index (χ0) is 16.6. The molecule has 0 aliphatic heterocycles. The van der Waals surface area contributed by atoms with Crippen LogP contribution in [0.25, 0.3) is 10.1 Å². The first kappa shape index (κ1) is 15.6. The lowest BCUT2D eigenvalue weighted by Gasteiger charge is -2.09. The number of rotatable bonds is 5. The van der Waals surface area contributed by atoms with Gasteiger partial charge in [-0.25, -0.2) is 0 Å². The molecule has 120 valence electrons. The molecule has 0 bridgehead atoms. The largest absolute Gasteiger partial charge is 0.487 e. The Labute approximate surface area is 138 Å². The molecule has 0 spiro atoms. The highest BCUT2D eigenvalue weighted by Crippen LogP contribution is 2.33. The van der Waals surface area contributed by atoms with E-state index in [-0.39, 0.29) is 6.42 Å². The van der Waals surface area contributed by atoms with Gasteiger partial charge in [0, 0.05) is 11.7 Å². The summed E-state index contributed by atoms with van der Waals surface area (Å²) in [6, 6.07) is 5.94. The number of benzene rings is 1. The zero-order valence-electron chi connectivity index (χ0n) is 13.3. The number of thiophene rings is 1. The van der Waals surface area contributed by atoms with Crippen LogP contribution in [0.1, 0.15) is 22.5 Å². The number of nitrogens with zero attached hydrogens (tertiary/aromatic N) is 2. The summed E-state index contributed by atoms with van der Waals surface area (Å²) in [5.41, 5.74) is 3.88. The molecule has 3 rings (SSSR count). The Morgan fingerprint density at radius 1 is 1.35 bits per heavy atom. The molecule has 3 aromatic rings. The molecule has 0 atom stereocenters. The number of carbonyl (C=O) groups is 1. The van der Waals surface area contributed by atoms with Crippen molar-refractivity contribution in [3.8, 4) is 5.75 Å². The van der Waals surface area contributed by atoms with Crippen LogP contribution in [-0.2, 0) is 24.9 Å². The van der Waals surface area contributed by atoms with Gasteiger partial charge in [0.2, 0.25) is 0 Å². The van der Waals surface area contributed by atoms with Crippen LogP contribution < -0.4 is 4.74 Å². The number of carboxylic acid groups (broad SMARTS) is 1. The van der Waals surface area contributed by atoms with Gasteiger partial charge < -0.3 is 9.84 Å². The molecule has 1 N–H and O–H groups in total. The number of carboxylic acids is 1. The molecule has 0 saturated carbocycles. The molecule has 1 aromatic carbocycles. The number of aromatic nitrogens is 2. The second-order valence-electron chi connectivity index (χ2n) is 5.63. The summed E-state index contributed by atoms with van der Waals surface area (Å²) in [6.45, 7) is 4.40. The van der Waals surface area contributed by atoms with E-state index in [1.54, 1.807) is 11.3 Å². The molecule has 2 heterocycles. The molecule has 6 heteroatoms. The van der Waals surface area contributed by atoms with Crippen LogP contribution >= 0.6 is 11.3 Å². The fourth-order valence-corrected chi connectivity index (χ4v) is 3.82. The number of hydrogen-bond acceptors (Lipinski definition) is 4. The van der Waals surface area contributed by atoms with Crippen molar-refractivity contribution in [1.29, 1.82) is 0 Å². The maximum absolute atomic E-state index is 11.0. The summed E-state index contributed by atoms with van der Waals surface area (Å²) in [5.74, 6) is -0.0198. The Morgan fingerprint density at radius 2 is 2.13 bits per heavy atom. The molecule has 5 nitrogen and oxygen atoms in total. The average molecular weight is 330 g/mol. The minimum absolute atomic E-state index is 0.0509. The van der Waals surface area contributed by atoms with E-state index < -0.39 is 5.97 Å². The predicted octanol–water partition coefficient (Wildman–Crippen LogP) is 3.46. The van der Waals surface area contributed by atoms with Crippen molar-refractivity contribution in [2.75, 3.05) is 0 Å². The topological polar surface area (TPSA) is 64.3 Å². The van der Waals surface area contributed by atoms with Crippen molar-refractivity contribution in [2.45, 2.75) is 26.9 Å². The second-order valence-corrected chi connectivity index (χ2v) is 6.55. The molecule has 0 unspecified atom stereocenters. The summed E-state index contributed by atoms with van der Waals surface area (Å²) in [4.78, 5) is 11.0. The van der Waals surface area contributed by atoms with Gasteiger partial charge in [-0.15, -0.1) is 11.3 Å². The third-order valence-electron chi connectivity index (χ3n) is 3.75. The number of ether oxygens (including phenoxy) is 1. The molecule has 23 heavy (non-hydrogen) atoms. The van der Waals surface area contributed by atoms with E-state index in [4.69, 9.17) is 9.84 Å². The summed E-state index contributed by atoms with van der Waals surface area (Å²) in [6.07, 6.45) is 0.0509. The summed E-state index contributed by atoms with van der Waals surface area (Å²) in [5, 5.41) is 16.3. The van der Waals surface area contributed by atoms with E-state index in [0.717, 1.165) is 38.4 Å². The Kier molecular flexibility index (Phi) is 4.09. The van der Waals surface area contributed by atoms with Crippen LogP contribution in [0.5, 0.6) is 5.75 Å². The van der Waals surface area contributed by atoms with E-state index in [1.807, 2.05) is 49.2 Å². The number of hydrogen-bond donors (Lipinski definition) is 1. The first-order chi connectivity index (χ1) is 10.9. The van der Waals surface area contributed by atoms with E-state index in [0.29, 0.717) is 6.61 Å². The van der Waals surface area contributed by atoms with E-state index >= 15 is 0 Å². The quantitative estimate of drug-likeness (QED) is 0.778. The highest BCUT2D eigenvalue weighted by atomic mass is 32.1. The van der Waals surface area contributed by atoms with Gasteiger partial charge in [-0.3, -0.25) is 9.48 Å². The van der Waals surface area contributed by atoms with Crippen LogP contribution in [0.2, 0.25) is 0 Å². The van der Waals surface area contributed by atoms with Gasteiger partial charge in [0.05, 0.1) is 17.8 Å².